The van der Waals surface area contributed by atoms with Crippen molar-refractivity contribution in [2.24, 2.45) is 0 Å². The van der Waals surface area contributed by atoms with Crippen molar-refractivity contribution in [3.8, 4) is 5.75 Å². The summed E-state index contributed by atoms with van der Waals surface area (Å²) in [7, 11) is 0. The van der Waals surface area contributed by atoms with E-state index in [1.54, 1.807) is 18.3 Å². The van der Waals surface area contributed by atoms with Crippen molar-refractivity contribution in [3.05, 3.63) is 51.7 Å². The summed E-state index contributed by atoms with van der Waals surface area (Å²) in [5.41, 5.74) is 1.52. The van der Waals surface area contributed by atoms with E-state index in [0.29, 0.717) is 10.7 Å². The number of benzene rings is 1. The average Bonchev–Trinajstić information content (AvgIpc) is 3.05. The van der Waals surface area contributed by atoms with Gasteiger partial charge < -0.3 is 10.0 Å². The lowest BCUT2D eigenvalue weighted by Crippen LogP contribution is -2.28. The molecule has 0 saturated heterocycles. The number of aromatic amines is 1. The standard InChI is InChI=1S/C17H19N5O2S/c1-17(2,3)12-8-11(4-5-13(12)23)9-14-16(24)22(6-7-25-14)10-15-18-20-21-19-15/h4-9,23H,10H2,1-3H3,(H,18,19,20,21)/b14-9+. The average molecular weight is 357 g/mol. The summed E-state index contributed by atoms with van der Waals surface area (Å²) in [5.74, 6) is 0.586. The third kappa shape index (κ3) is 3.90. The monoisotopic (exact) mass is 357 g/mol. The third-order valence-electron chi connectivity index (χ3n) is 3.73. The number of amides is 1. The van der Waals surface area contributed by atoms with Gasteiger partial charge in [-0.2, -0.15) is 5.21 Å². The van der Waals surface area contributed by atoms with E-state index in [4.69, 9.17) is 0 Å². The Morgan fingerprint density at radius 1 is 1.36 bits per heavy atom. The van der Waals surface area contributed by atoms with E-state index < -0.39 is 0 Å². The van der Waals surface area contributed by atoms with Gasteiger partial charge in [-0.1, -0.05) is 43.8 Å². The van der Waals surface area contributed by atoms with Gasteiger partial charge in [-0.25, -0.2) is 0 Å². The number of aromatic nitrogens is 4. The predicted molar refractivity (Wildman–Crippen MR) is 96.2 cm³/mol. The predicted octanol–water partition coefficient (Wildman–Crippen LogP) is 2.79. The maximum absolute atomic E-state index is 12.7. The maximum Gasteiger partial charge on any atom is 0.265 e. The normalized spacial score (nSPS) is 16.7. The summed E-state index contributed by atoms with van der Waals surface area (Å²) < 4.78 is 0. The minimum Gasteiger partial charge on any atom is -0.508 e. The number of hydrogen-bond acceptors (Lipinski definition) is 6. The Kier molecular flexibility index (Phi) is 4.63. The van der Waals surface area contributed by atoms with Crippen LogP contribution in [0.2, 0.25) is 0 Å². The SMILES string of the molecule is CC(C)(C)c1cc(/C=C2/SC=CN(Cc3nn[nH]n3)C2=O)ccc1O. The molecule has 7 nitrogen and oxygen atoms in total. The third-order valence-corrected chi connectivity index (χ3v) is 4.54. The van der Waals surface area contributed by atoms with Crippen LogP contribution in [-0.4, -0.2) is 36.5 Å². The maximum atomic E-state index is 12.7. The van der Waals surface area contributed by atoms with Crippen LogP contribution in [-0.2, 0) is 16.8 Å². The minimum atomic E-state index is -0.188. The molecule has 25 heavy (non-hydrogen) atoms. The summed E-state index contributed by atoms with van der Waals surface area (Å²) in [4.78, 5) is 14.8. The largest absolute Gasteiger partial charge is 0.508 e. The number of tetrazole rings is 1. The molecule has 8 heteroatoms. The molecular formula is C17H19N5O2S. The van der Waals surface area contributed by atoms with Crippen molar-refractivity contribution < 1.29 is 9.90 Å². The van der Waals surface area contributed by atoms with Crippen LogP contribution in [0.3, 0.4) is 0 Å². The molecular weight excluding hydrogens is 338 g/mol. The molecule has 2 aromatic rings. The molecule has 0 fully saturated rings. The quantitative estimate of drug-likeness (QED) is 0.820. The molecule has 0 bridgehead atoms. The number of nitrogens with one attached hydrogen (secondary N) is 1. The Morgan fingerprint density at radius 3 is 2.84 bits per heavy atom. The van der Waals surface area contributed by atoms with Crippen LogP contribution < -0.4 is 0 Å². The van der Waals surface area contributed by atoms with Crippen LogP contribution in [0.15, 0.2) is 34.7 Å². The topological polar surface area (TPSA) is 95.0 Å². The second-order valence-corrected chi connectivity index (χ2v) is 7.65. The molecule has 1 amide bonds. The van der Waals surface area contributed by atoms with Gasteiger partial charge >= 0.3 is 0 Å². The number of carbonyl (C=O) groups is 1. The number of nitrogens with zero attached hydrogens (tertiary/aromatic N) is 4. The second kappa shape index (κ2) is 6.72. The lowest BCUT2D eigenvalue weighted by atomic mass is 9.85. The molecule has 1 aromatic carbocycles. The Balaban J connectivity index is 1.86. The fourth-order valence-corrected chi connectivity index (χ4v) is 3.23. The van der Waals surface area contributed by atoms with Crippen LogP contribution in [0.4, 0.5) is 0 Å². The smallest absolute Gasteiger partial charge is 0.265 e. The lowest BCUT2D eigenvalue weighted by Gasteiger charge is -2.22. The Hall–Kier alpha value is -2.61. The zero-order chi connectivity index (χ0) is 18.0. The Bertz CT molecular complexity index is 837. The van der Waals surface area contributed by atoms with Crippen LogP contribution in [0, 0.1) is 0 Å². The van der Waals surface area contributed by atoms with Crippen LogP contribution >= 0.6 is 11.8 Å². The molecule has 1 aliphatic heterocycles. The van der Waals surface area contributed by atoms with E-state index in [1.165, 1.54) is 16.7 Å². The summed E-state index contributed by atoms with van der Waals surface area (Å²) in [6.45, 7) is 6.37. The molecule has 1 aromatic heterocycles. The number of hydrogen-bond donors (Lipinski definition) is 2. The molecule has 130 valence electrons. The van der Waals surface area contributed by atoms with E-state index in [9.17, 15) is 9.90 Å². The van der Waals surface area contributed by atoms with Crippen molar-refractivity contribution in [2.45, 2.75) is 32.7 Å². The fraction of sp³-hybridized carbons (Fsp3) is 0.294. The number of carbonyl (C=O) groups excluding carboxylic acids is 1. The highest BCUT2D eigenvalue weighted by Gasteiger charge is 2.23. The molecule has 1 aliphatic rings. The van der Waals surface area contributed by atoms with Crippen molar-refractivity contribution in [2.75, 3.05) is 0 Å². The van der Waals surface area contributed by atoms with E-state index in [0.717, 1.165) is 11.1 Å². The van der Waals surface area contributed by atoms with Crippen LogP contribution in [0.1, 0.15) is 37.7 Å². The number of aromatic hydroxyl groups is 1. The number of phenolic OH excluding ortho intramolecular Hbond substituents is 1. The summed E-state index contributed by atoms with van der Waals surface area (Å²) in [5, 5.41) is 25.5. The van der Waals surface area contributed by atoms with Gasteiger partial charge in [0.15, 0.2) is 5.82 Å². The van der Waals surface area contributed by atoms with Gasteiger partial charge in [-0.15, -0.1) is 10.2 Å². The van der Waals surface area contributed by atoms with Gasteiger partial charge in [0.25, 0.3) is 5.91 Å². The van der Waals surface area contributed by atoms with Gasteiger partial charge in [0.05, 0.1) is 11.4 Å². The van der Waals surface area contributed by atoms with Gasteiger partial charge in [0.1, 0.15) is 5.75 Å². The molecule has 3 rings (SSSR count). The summed E-state index contributed by atoms with van der Waals surface area (Å²) >= 11 is 1.36. The molecule has 0 aliphatic carbocycles. The fourth-order valence-electron chi connectivity index (χ4n) is 2.45. The van der Waals surface area contributed by atoms with Crippen LogP contribution in [0.25, 0.3) is 6.08 Å². The first-order valence-corrected chi connectivity index (χ1v) is 8.64. The molecule has 0 atom stereocenters. The molecule has 0 saturated carbocycles. The van der Waals surface area contributed by atoms with E-state index in [1.807, 2.05) is 38.3 Å². The lowest BCUT2D eigenvalue weighted by molar-refractivity contribution is -0.124. The van der Waals surface area contributed by atoms with E-state index >= 15 is 0 Å². The van der Waals surface area contributed by atoms with Crippen molar-refractivity contribution in [1.29, 1.82) is 0 Å². The highest BCUT2D eigenvalue weighted by atomic mass is 32.2. The summed E-state index contributed by atoms with van der Waals surface area (Å²) in [6.07, 6.45) is 3.53. The molecule has 0 radical (unpaired) electrons. The first kappa shape index (κ1) is 17.2. The first-order valence-electron chi connectivity index (χ1n) is 7.76. The number of thioether (sulfide) groups is 1. The van der Waals surface area contributed by atoms with Gasteiger partial charge in [0.2, 0.25) is 0 Å². The van der Waals surface area contributed by atoms with Crippen LogP contribution in [0.5, 0.6) is 5.75 Å². The Labute approximate surface area is 149 Å². The van der Waals surface area contributed by atoms with Gasteiger partial charge in [-0.3, -0.25) is 4.79 Å². The summed E-state index contributed by atoms with van der Waals surface area (Å²) in [6, 6.07) is 5.38. The minimum absolute atomic E-state index is 0.123. The van der Waals surface area contributed by atoms with Crippen molar-refractivity contribution >= 4 is 23.7 Å². The highest BCUT2D eigenvalue weighted by molar-refractivity contribution is 8.06. The Morgan fingerprint density at radius 2 is 2.16 bits per heavy atom. The number of rotatable bonds is 3. The van der Waals surface area contributed by atoms with E-state index in [2.05, 4.69) is 20.6 Å². The second-order valence-electron chi connectivity index (χ2n) is 6.70. The van der Waals surface area contributed by atoms with E-state index in [-0.39, 0.29) is 23.6 Å². The molecule has 0 unspecified atom stereocenters. The zero-order valence-corrected chi connectivity index (χ0v) is 15.0. The molecule has 2 heterocycles. The van der Waals surface area contributed by atoms with Gasteiger partial charge in [0, 0.05) is 6.20 Å². The highest BCUT2D eigenvalue weighted by Crippen LogP contribution is 2.33. The van der Waals surface area contributed by atoms with Gasteiger partial charge in [-0.05, 0) is 40.2 Å². The number of H-pyrrole nitrogens is 1. The first-order chi connectivity index (χ1) is 11.8. The molecule has 0 spiro atoms. The van der Waals surface area contributed by atoms with Crippen molar-refractivity contribution in [3.63, 3.8) is 0 Å². The molecule has 2 N–H and O–H groups in total. The zero-order valence-electron chi connectivity index (χ0n) is 14.2. The number of phenols is 1. The van der Waals surface area contributed by atoms with Crippen molar-refractivity contribution in [1.82, 2.24) is 25.5 Å².